The average molecular weight is 290 g/mol. The second kappa shape index (κ2) is 5.98. The van der Waals surface area contributed by atoms with E-state index in [4.69, 9.17) is 4.74 Å². The van der Waals surface area contributed by atoms with Crippen LogP contribution in [0.4, 0.5) is 11.4 Å². The van der Waals surface area contributed by atoms with E-state index in [0.717, 1.165) is 33.5 Å². The van der Waals surface area contributed by atoms with Gasteiger partial charge in [0.25, 0.3) is 0 Å². The second-order valence-corrected chi connectivity index (χ2v) is 5.32. The molecule has 0 saturated heterocycles. The van der Waals surface area contributed by atoms with E-state index < -0.39 is 0 Å². The zero-order valence-electron chi connectivity index (χ0n) is 13.0. The largest absolute Gasteiger partial charge is 0.496 e. The highest BCUT2D eigenvalue weighted by atomic mass is 16.5. The maximum Gasteiger partial charge on any atom is 0.126 e. The van der Waals surface area contributed by atoms with Gasteiger partial charge in [0.1, 0.15) is 5.75 Å². The summed E-state index contributed by atoms with van der Waals surface area (Å²) in [4.78, 5) is 0. The highest BCUT2D eigenvalue weighted by Crippen LogP contribution is 2.34. The Morgan fingerprint density at radius 3 is 2.18 bits per heavy atom. The van der Waals surface area contributed by atoms with E-state index in [9.17, 15) is 0 Å². The molecule has 0 aliphatic heterocycles. The topological polar surface area (TPSA) is 34.0 Å². The van der Waals surface area contributed by atoms with Gasteiger partial charge in [0.2, 0.25) is 0 Å². The van der Waals surface area contributed by atoms with Crippen LogP contribution >= 0.6 is 0 Å². The van der Waals surface area contributed by atoms with Crippen LogP contribution < -0.4 is 4.74 Å². The minimum atomic E-state index is 0.844. The SMILES string of the molecule is COc1ccc(N=Nc2ccc(C)cc2C)c2ccccc12. The van der Waals surface area contributed by atoms with Gasteiger partial charge in [-0.2, -0.15) is 5.11 Å². The smallest absolute Gasteiger partial charge is 0.126 e. The quantitative estimate of drug-likeness (QED) is 0.554. The van der Waals surface area contributed by atoms with Crippen LogP contribution in [0.3, 0.4) is 0 Å². The number of ether oxygens (including phenoxy) is 1. The number of benzene rings is 3. The number of hydrogen-bond acceptors (Lipinski definition) is 3. The molecule has 3 heteroatoms. The van der Waals surface area contributed by atoms with Gasteiger partial charge in [0.15, 0.2) is 0 Å². The fraction of sp³-hybridized carbons (Fsp3) is 0.158. The van der Waals surface area contributed by atoms with Crippen LogP contribution in [0, 0.1) is 13.8 Å². The van der Waals surface area contributed by atoms with Crippen LogP contribution in [0.2, 0.25) is 0 Å². The number of hydrogen-bond donors (Lipinski definition) is 0. The van der Waals surface area contributed by atoms with E-state index >= 15 is 0 Å². The van der Waals surface area contributed by atoms with Crippen molar-refractivity contribution in [1.82, 2.24) is 0 Å². The van der Waals surface area contributed by atoms with Crippen molar-refractivity contribution < 1.29 is 4.74 Å². The molecule has 0 bridgehead atoms. The van der Waals surface area contributed by atoms with Crippen LogP contribution in [0.1, 0.15) is 11.1 Å². The number of fused-ring (bicyclic) bond motifs is 1. The van der Waals surface area contributed by atoms with Crippen LogP contribution in [0.15, 0.2) is 64.8 Å². The van der Waals surface area contributed by atoms with Crippen molar-refractivity contribution in [2.24, 2.45) is 10.2 Å². The van der Waals surface area contributed by atoms with E-state index in [1.807, 2.05) is 55.5 Å². The molecule has 0 spiro atoms. The summed E-state index contributed by atoms with van der Waals surface area (Å²) >= 11 is 0. The van der Waals surface area contributed by atoms with Gasteiger partial charge >= 0.3 is 0 Å². The van der Waals surface area contributed by atoms with Crippen molar-refractivity contribution in [2.45, 2.75) is 13.8 Å². The van der Waals surface area contributed by atoms with Gasteiger partial charge in [-0.1, -0.05) is 42.0 Å². The summed E-state index contributed by atoms with van der Waals surface area (Å²) < 4.78 is 5.41. The Morgan fingerprint density at radius 2 is 1.45 bits per heavy atom. The Kier molecular flexibility index (Phi) is 3.88. The Bertz CT molecular complexity index is 853. The van der Waals surface area contributed by atoms with E-state index in [0.29, 0.717) is 0 Å². The predicted octanol–water partition coefficient (Wildman–Crippen LogP) is 5.88. The average Bonchev–Trinajstić information content (AvgIpc) is 2.54. The summed E-state index contributed by atoms with van der Waals surface area (Å²) in [5.74, 6) is 0.848. The van der Waals surface area contributed by atoms with Crippen LogP contribution in [-0.2, 0) is 0 Å². The monoisotopic (exact) mass is 290 g/mol. The Morgan fingerprint density at radius 1 is 0.773 bits per heavy atom. The van der Waals surface area contributed by atoms with Gasteiger partial charge in [0, 0.05) is 10.8 Å². The molecule has 0 aliphatic carbocycles. The molecule has 0 aromatic heterocycles. The van der Waals surface area contributed by atoms with E-state index in [1.54, 1.807) is 7.11 Å². The summed E-state index contributed by atoms with van der Waals surface area (Å²) in [5, 5.41) is 10.9. The van der Waals surface area contributed by atoms with Gasteiger partial charge in [-0.05, 0) is 37.6 Å². The van der Waals surface area contributed by atoms with Crippen molar-refractivity contribution in [3.63, 3.8) is 0 Å². The molecule has 3 nitrogen and oxygen atoms in total. The van der Waals surface area contributed by atoms with Crippen LogP contribution in [-0.4, -0.2) is 7.11 Å². The molecule has 0 amide bonds. The molecule has 3 rings (SSSR count). The van der Waals surface area contributed by atoms with Gasteiger partial charge in [-0.3, -0.25) is 0 Å². The second-order valence-electron chi connectivity index (χ2n) is 5.32. The third-order valence-corrected chi connectivity index (χ3v) is 3.70. The van der Waals surface area contributed by atoms with Gasteiger partial charge < -0.3 is 4.74 Å². The first-order chi connectivity index (χ1) is 10.7. The summed E-state index contributed by atoms with van der Waals surface area (Å²) in [6.07, 6.45) is 0. The third-order valence-electron chi connectivity index (χ3n) is 3.70. The fourth-order valence-corrected chi connectivity index (χ4v) is 2.55. The molecule has 110 valence electrons. The van der Waals surface area contributed by atoms with Gasteiger partial charge in [-0.15, -0.1) is 5.11 Å². The van der Waals surface area contributed by atoms with Crippen molar-refractivity contribution in [3.05, 3.63) is 65.7 Å². The first-order valence-electron chi connectivity index (χ1n) is 7.24. The summed E-state index contributed by atoms with van der Waals surface area (Å²) in [7, 11) is 1.68. The number of nitrogens with zero attached hydrogens (tertiary/aromatic N) is 2. The number of azo groups is 1. The van der Waals surface area contributed by atoms with E-state index in [2.05, 4.69) is 23.2 Å². The lowest BCUT2D eigenvalue weighted by Gasteiger charge is -2.07. The normalized spacial score (nSPS) is 11.2. The number of rotatable bonds is 3. The highest BCUT2D eigenvalue weighted by molar-refractivity contribution is 5.96. The lowest BCUT2D eigenvalue weighted by molar-refractivity contribution is 0.420. The molecule has 3 aromatic rings. The molecule has 0 heterocycles. The highest BCUT2D eigenvalue weighted by Gasteiger charge is 2.05. The van der Waals surface area contributed by atoms with Crippen molar-refractivity contribution in [2.75, 3.05) is 7.11 Å². The van der Waals surface area contributed by atoms with E-state index in [1.165, 1.54) is 5.56 Å². The fourth-order valence-electron chi connectivity index (χ4n) is 2.55. The summed E-state index contributed by atoms with van der Waals surface area (Å²) in [6, 6.07) is 18.1. The molecular formula is C19H18N2O. The van der Waals surface area contributed by atoms with Crippen molar-refractivity contribution >= 4 is 22.1 Å². The Balaban J connectivity index is 2.06. The number of aryl methyl sites for hydroxylation is 2. The molecule has 3 aromatic carbocycles. The van der Waals surface area contributed by atoms with Crippen molar-refractivity contribution in [3.8, 4) is 5.75 Å². The van der Waals surface area contributed by atoms with Crippen LogP contribution in [0.5, 0.6) is 5.75 Å². The standard InChI is InChI=1S/C19H18N2O/c1-13-8-9-17(14(2)12-13)20-21-18-10-11-19(22-3)16-7-5-4-6-15(16)18/h4-12H,1-3H3. The maximum absolute atomic E-state index is 5.41. The minimum Gasteiger partial charge on any atom is -0.496 e. The number of methoxy groups -OCH3 is 1. The van der Waals surface area contributed by atoms with E-state index in [-0.39, 0.29) is 0 Å². The molecule has 0 unspecified atom stereocenters. The van der Waals surface area contributed by atoms with Gasteiger partial charge in [0.05, 0.1) is 18.5 Å². The molecule has 0 saturated carbocycles. The molecule has 22 heavy (non-hydrogen) atoms. The molecule has 0 atom stereocenters. The van der Waals surface area contributed by atoms with Crippen molar-refractivity contribution in [1.29, 1.82) is 0 Å². The predicted molar refractivity (Wildman–Crippen MR) is 90.6 cm³/mol. The molecule has 0 fully saturated rings. The molecule has 0 radical (unpaired) electrons. The maximum atomic E-state index is 5.41. The first-order valence-corrected chi connectivity index (χ1v) is 7.24. The molecular weight excluding hydrogens is 272 g/mol. The molecule has 0 N–H and O–H groups in total. The minimum absolute atomic E-state index is 0.844. The Labute approximate surface area is 130 Å². The first kappa shape index (κ1) is 14.3. The molecule has 0 aliphatic rings. The van der Waals surface area contributed by atoms with Gasteiger partial charge in [-0.25, -0.2) is 0 Å². The summed E-state index contributed by atoms with van der Waals surface area (Å²) in [5.41, 5.74) is 4.09. The Hall–Kier alpha value is -2.68. The lowest BCUT2D eigenvalue weighted by Crippen LogP contribution is -1.84. The lowest BCUT2D eigenvalue weighted by atomic mass is 10.1. The zero-order chi connectivity index (χ0) is 15.5. The zero-order valence-corrected chi connectivity index (χ0v) is 13.0. The third kappa shape index (κ3) is 2.70. The summed E-state index contributed by atoms with van der Waals surface area (Å²) in [6.45, 7) is 4.12. The van der Waals surface area contributed by atoms with Crippen LogP contribution in [0.25, 0.3) is 10.8 Å².